The Morgan fingerprint density at radius 2 is 1.88 bits per heavy atom. The summed E-state index contributed by atoms with van der Waals surface area (Å²) in [5, 5.41) is 12.0. The Morgan fingerprint density at radius 3 is 2.61 bits per heavy atom. The summed E-state index contributed by atoms with van der Waals surface area (Å²) in [6.45, 7) is 7.65. The number of benzene rings is 1. The van der Waals surface area contributed by atoms with Crippen LogP contribution in [0.5, 0.6) is 0 Å². The number of morpholine rings is 1. The smallest absolute Gasteiger partial charge is 0.208 e. The second-order valence-corrected chi connectivity index (χ2v) is 12.4. The molecule has 0 bridgehead atoms. The lowest BCUT2D eigenvalue weighted by molar-refractivity contribution is 0.0927. The van der Waals surface area contributed by atoms with E-state index >= 15 is 0 Å². The fourth-order valence-corrected chi connectivity index (χ4v) is 6.78. The number of rotatable bonds is 8. The summed E-state index contributed by atoms with van der Waals surface area (Å²) >= 11 is 0. The van der Waals surface area contributed by atoms with Gasteiger partial charge in [0.25, 0.3) is 0 Å². The number of nitrogens with zero attached hydrogens (tertiary/aromatic N) is 7. The second kappa shape index (κ2) is 11.4. The van der Waals surface area contributed by atoms with E-state index in [0.29, 0.717) is 48.4 Å². The average Bonchev–Trinajstić information content (AvgIpc) is 3.63. The van der Waals surface area contributed by atoms with Crippen LogP contribution in [0.25, 0.3) is 22.8 Å². The van der Waals surface area contributed by atoms with Crippen LogP contribution in [0.1, 0.15) is 70.4 Å². The summed E-state index contributed by atoms with van der Waals surface area (Å²) in [5.41, 5.74) is 2.93. The lowest BCUT2D eigenvalue weighted by Gasteiger charge is -2.37. The zero-order chi connectivity index (χ0) is 27.8. The molecule has 10 nitrogen and oxygen atoms in total. The summed E-state index contributed by atoms with van der Waals surface area (Å²) in [5.74, 6) is 4.93. The van der Waals surface area contributed by atoms with E-state index in [-0.39, 0.29) is 6.04 Å². The van der Waals surface area contributed by atoms with E-state index in [1.54, 1.807) is 6.33 Å². The van der Waals surface area contributed by atoms with E-state index in [1.807, 2.05) is 0 Å². The highest BCUT2D eigenvalue weighted by Crippen LogP contribution is 2.38. The van der Waals surface area contributed by atoms with Gasteiger partial charge in [-0.3, -0.25) is 0 Å². The molecule has 7 rings (SSSR count). The summed E-state index contributed by atoms with van der Waals surface area (Å²) in [4.78, 5) is 20.8. The number of ether oxygens (including phenoxy) is 1. The molecule has 0 spiro atoms. The van der Waals surface area contributed by atoms with E-state index in [2.05, 4.69) is 74.1 Å². The third-order valence-corrected chi connectivity index (χ3v) is 9.58. The molecular formula is C31H41N9O. The Balaban J connectivity index is 1.37. The molecule has 1 aromatic carbocycles. The van der Waals surface area contributed by atoms with Crippen molar-refractivity contribution in [2.24, 2.45) is 17.8 Å². The van der Waals surface area contributed by atoms with Gasteiger partial charge in [0.2, 0.25) is 11.8 Å². The number of aromatic amines is 1. The van der Waals surface area contributed by atoms with E-state index in [9.17, 15) is 0 Å². The molecule has 3 aliphatic rings. The molecule has 0 radical (unpaired) electrons. The van der Waals surface area contributed by atoms with Gasteiger partial charge >= 0.3 is 0 Å². The van der Waals surface area contributed by atoms with Gasteiger partial charge in [0.15, 0.2) is 17.3 Å². The van der Waals surface area contributed by atoms with Crippen molar-refractivity contribution in [2.75, 3.05) is 30.0 Å². The van der Waals surface area contributed by atoms with Gasteiger partial charge in [-0.2, -0.15) is 4.98 Å². The number of hydrogen-bond acceptors (Lipinski definition) is 8. The highest BCUT2D eigenvalue weighted by molar-refractivity contribution is 5.87. The maximum absolute atomic E-state index is 6.02. The van der Waals surface area contributed by atoms with Crippen molar-refractivity contribution >= 4 is 22.9 Å². The molecule has 3 aromatic heterocycles. The van der Waals surface area contributed by atoms with E-state index in [0.717, 1.165) is 36.3 Å². The molecule has 2 atom stereocenters. The van der Waals surface area contributed by atoms with E-state index in [1.165, 1.54) is 50.5 Å². The molecule has 1 saturated heterocycles. The monoisotopic (exact) mass is 555 g/mol. The summed E-state index contributed by atoms with van der Waals surface area (Å²) in [7, 11) is 0. The Kier molecular flexibility index (Phi) is 7.33. The molecule has 2 aliphatic carbocycles. The van der Waals surface area contributed by atoms with Gasteiger partial charge in [0.1, 0.15) is 11.8 Å². The summed E-state index contributed by atoms with van der Waals surface area (Å²) in [6, 6.07) is 11.1. The Labute approximate surface area is 241 Å². The van der Waals surface area contributed by atoms with Crippen LogP contribution in [-0.4, -0.2) is 60.5 Å². The van der Waals surface area contributed by atoms with Crippen molar-refractivity contribution in [1.29, 1.82) is 0 Å². The van der Waals surface area contributed by atoms with Crippen molar-refractivity contribution in [3.05, 3.63) is 42.2 Å². The lowest BCUT2D eigenvalue weighted by atomic mass is 9.80. The molecule has 216 valence electrons. The first-order chi connectivity index (χ1) is 20.1. The van der Waals surface area contributed by atoms with Crippen LogP contribution in [0, 0.1) is 17.8 Å². The van der Waals surface area contributed by atoms with Gasteiger partial charge in [-0.15, -0.1) is 10.2 Å². The van der Waals surface area contributed by atoms with Crippen LogP contribution in [0.2, 0.25) is 0 Å². The van der Waals surface area contributed by atoms with Crippen molar-refractivity contribution in [3.8, 4) is 11.6 Å². The molecule has 10 heteroatoms. The minimum absolute atomic E-state index is 0.0823. The van der Waals surface area contributed by atoms with Crippen LogP contribution in [0.3, 0.4) is 0 Å². The molecular weight excluding hydrogens is 514 g/mol. The van der Waals surface area contributed by atoms with Crippen molar-refractivity contribution in [2.45, 2.75) is 77.4 Å². The fraction of sp³-hybridized carbons (Fsp3) is 0.581. The van der Waals surface area contributed by atoms with Crippen LogP contribution in [0.4, 0.5) is 11.8 Å². The normalized spacial score (nSPS) is 24.3. The number of nitrogens with one attached hydrogen (secondary N) is 2. The number of fused-ring (bicyclic) bond motifs is 1. The van der Waals surface area contributed by atoms with Crippen LogP contribution < -0.4 is 10.2 Å². The molecule has 2 saturated carbocycles. The minimum atomic E-state index is 0.0823. The summed E-state index contributed by atoms with van der Waals surface area (Å²) in [6.07, 6.45) is 10.4. The summed E-state index contributed by atoms with van der Waals surface area (Å²) < 4.78 is 8.44. The zero-order valence-electron chi connectivity index (χ0n) is 24.2. The molecule has 4 aromatic rings. The molecule has 41 heavy (non-hydrogen) atoms. The highest BCUT2D eigenvalue weighted by atomic mass is 16.5. The lowest BCUT2D eigenvalue weighted by Crippen LogP contribution is -2.41. The van der Waals surface area contributed by atoms with Gasteiger partial charge < -0.3 is 24.5 Å². The van der Waals surface area contributed by atoms with Gasteiger partial charge in [0, 0.05) is 19.1 Å². The van der Waals surface area contributed by atoms with Gasteiger partial charge in [0.05, 0.1) is 19.3 Å². The van der Waals surface area contributed by atoms with Crippen LogP contribution >= 0.6 is 0 Å². The molecule has 4 heterocycles. The standard InChI is InChI=1S/C31H41N9O/c1-20-11-13-22(14-12-20)17-40-26-27(34-21(2)23-9-6-10-23)35-30(29-32-19-33-38-29)36-28(26)37-31(40)39-15-16-41-18-25(39)24-7-4-3-5-8-24/h3-5,7-8,19-23,25H,6,9-18H2,1-2H3,(H,32,33,38)(H,34,35,36)/t20?,21-,22?,25+/m1/s1. The SMILES string of the molecule is CC1CCC(Cn2c(N3CCOC[C@H]3c3ccccc3)nc3nc(-c4nnc[nH]4)nc(N[C@H](C)C4CCC4)c32)CC1. The van der Waals surface area contributed by atoms with Crippen molar-refractivity contribution < 1.29 is 4.74 Å². The average molecular weight is 556 g/mol. The Hall–Kier alpha value is -3.53. The molecule has 2 N–H and O–H groups in total. The third kappa shape index (κ3) is 5.29. The zero-order valence-corrected chi connectivity index (χ0v) is 24.2. The number of anilines is 2. The first-order valence-corrected chi connectivity index (χ1v) is 15.4. The Bertz CT molecular complexity index is 1440. The van der Waals surface area contributed by atoms with E-state index in [4.69, 9.17) is 19.7 Å². The van der Waals surface area contributed by atoms with Gasteiger partial charge in [-0.1, -0.05) is 56.5 Å². The molecule has 3 fully saturated rings. The topological polar surface area (TPSA) is 110 Å². The Morgan fingerprint density at radius 1 is 1.05 bits per heavy atom. The highest BCUT2D eigenvalue weighted by Gasteiger charge is 2.33. The van der Waals surface area contributed by atoms with Crippen LogP contribution in [-0.2, 0) is 11.3 Å². The molecule has 1 aliphatic heterocycles. The number of hydrogen-bond donors (Lipinski definition) is 2. The van der Waals surface area contributed by atoms with Crippen molar-refractivity contribution in [3.63, 3.8) is 0 Å². The molecule has 0 unspecified atom stereocenters. The first-order valence-electron chi connectivity index (χ1n) is 15.4. The quantitative estimate of drug-likeness (QED) is 0.288. The predicted octanol–water partition coefficient (Wildman–Crippen LogP) is 5.62. The minimum Gasteiger partial charge on any atom is -0.377 e. The second-order valence-electron chi connectivity index (χ2n) is 12.4. The van der Waals surface area contributed by atoms with Crippen molar-refractivity contribution in [1.82, 2.24) is 34.7 Å². The number of imidazole rings is 1. The first kappa shape index (κ1) is 26.4. The largest absolute Gasteiger partial charge is 0.377 e. The van der Waals surface area contributed by atoms with Crippen LogP contribution in [0.15, 0.2) is 36.7 Å². The third-order valence-electron chi connectivity index (χ3n) is 9.58. The predicted molar refractivity (Wildman–Crippen MR) is 160 cm³/mol. The maximum atomic E-state index is 6.02. The number of H-pyrrole nitrogens is 1. The molecule has 0 amide bonds. The van der Waals surface area contributed by atoms with E-state index < -0.39 is 0 Å². The number of aromatic nitrogens is 7. The van der Waals surface area contributed by atoms with Gasteiger partial charge in [-0.05, 0) is 55.9 Å². The maximum Gasteiger partial charge on any atom is 0.208 e. The fourth-order valence-electron chi connectivity index (χ4n) is 6.78. The van der Waals surface area contributed by atoms with Gasteiger partial charge in [-0.25, -0.2) is 9.97 Å².